The third kappa shape index (κ3) is 3.30. The van der Waals surface area contributed by atoms with Crippen molar-refractivity contribution >= 4 is 17.6 Å². The Morgan fingerprint density at radius 3 is 2.75 bits per heavy atom. The lowest BCUT2D eigenvalue weighted by atomic mass is 10.2. The molecular formula is C14H15ClN2O3. The fourth-order valence-corrected chi connectivity index (χ4v) is 1.88. The minimum Gasteiger partial charge on any atom is -0.486 e. The van der Waals surface area contributed by atoms with Crippen molar-refractivity contribution in [3.63, 3.8) is 0 Å². The van der Waals surface area contributed by atoms with Crippen LogP contribution in [0.25, 0.3) is 0 Å². The molecule has 0 fully saturated rings. The van der Waals surface area contributed by atoms with Gasteiger partial charge in [-0.15, -0.1) is 0 Å². The lowest BCUT2D eigenvalue weighted by Crippen LogP contribution is -2.03. The van der Waals surface area contributed by atoms with Gasteiger partial charge in [0.05, 0.1) is 16.3 Å². The van der Waals surface area contributed by atoms with Gasteiger partial charge in [0.1, 0.15) is 12.4 Å². The zero-order chi connectivity index (χ0) is 14.7. The maximum absolute atomic E-state index is 10.8. The summed E-state index contributed by atoms with van der Waals surface area (Å²) in [6, 6.07) is 6.54. The third-order valence-electron chi connectivity index (χ3n) is 2.75. The highest BCUT2D eigenvalue weighted by atomic mass is 35.5. The minimum absolute atomic E-state index is 0.131. The summed E-state index contributed by atoms with van der Waals surface area (Å²) in [5.74, 6) is -0.579. The van der Waals surface area contributed by atoms with Crippen molar-refractivity contribution in [2.45, 2.75) is 26.5 Å². The van der Waals surface area contributed by atoms with Gasteiger partial charge < -0.3 is 9.84 Å². The van der Waals surface area contributed by atoms with Gasteiger partial charge in [0.25, 0.3) is 0 Å². The normalized spacial score (nSPS) is 10.8. The molecule has 106 valence electrons. The number of rotatable bonds is 5. The van der Waals surface area contributed by atoms with E-state index >= 15 is 0 Å². The van der Waals surface area contributed by atoms with Crippen LogP contribution < -0.4 is 4.74 Å². The van der Waals surface area contributed by atoms with Crippen molar-refractivity contribution in [1.29, 1.82) is 0 Å². The van der Waals surface area contributed by atoms with Crippen LogP contribution in [0.2, 0.25) is 5.02 Å². The molecule has 0 atom stereocenters. The zero-order valence-electron chi connectivity index (χ0n) is 11.2. The molecule has 0 saturated carbocycles. The number of benzene rings is 1. The lowest BCUT2D eigenvalue weighted by Gasteiger charge is -2.07. The van der Waals surface area contributed by atoms with Crippen LogP contribution in [-0.2, 0) is 6.61 Å². The minimum atomic E-state index is -1.02. The number of hydrogen-bond donors (Lipinski definition) is 1. The maximum atomic E-state index is 10.8. The molecule has 0 saturated heterocycles. The van der Waals surface area contributed by atoms with E-state index in [4.69, 9.17) is 21.4 Å². The molecule has 6 heteroatoms. The fourth-order valence-electron chi connectivity index (χ4n) is 1.64. The average molecular weight is 295 g/mol. The predicted octanol–water partition coefficient (Wildman–Crippen LogP) is 3.39. The van der Waals surface area contributed by atoms with Gasteiger partial charge in [0, 0.05) is 12.2 Å². The molecule has 0 radical (unpaired) electrons. The fraction of sp³-hybridized carbons (Fsp3) is 0.286. The smallest absolute Gasteiger partial charge is 0.335 e. The van der Waals surface area contributed by atoms with Gasteiger partial charge in [-0.3, -0.25) is 4.68 Å². The second kappa shape index (κ2) is 5.96. The Hall–Kier alpha value is -2.01. The highest BCUT2D eigenvalue weighted by Gasteiger charge is 2.09. The molecule has 1 aromatic heterocycles. The Kier molecular flexibility index (Phi) is 4.29. The second-order valence-electron chi connectivity index (χ2n) is 4.62. The summed E-state index contributed by atoms with van der Waals surface area (Å²) in [4.78, 5) is 10.8. The lowest BCUT2D eigenvalue weighted by molar-refractivity contribution is 0.0697. The Morgan fingerprint density at radius 2 is 2.20 bits per heavy atom. The van der Waals surface area contributed by atoms with Crippen molar-refractivity contribution in [3.05, 3.63) is 46.7 Å². The summed E-state index contributed by atoms with van der Waals surface area (Å²) in [5, 5.41) is 13.5. The van der Waals surface area contributed by atoms with E-state index in [1.807, 2.05) is 30.8 Å². The second-order valence-corrected chi connectivity index (χ2v) is 5.03. The first kappa shape index (κ1) is 14.4. The van der Waals surface area contributed by atoms with Crippen molar-refractivity contribution in [2.75, 3.05) is 0 Å². The van der Waals surface area contributed by atoms with E-state index in [1.54, 1.807) is 6.07 Å². The summed E-state index contributed by atoms with van der Waals surface area (Å²) in [5.41, 5.74) is 0.920. The van der Waals surface area contributed by atoms with E-state index in [2.05, 4.69) is 5.10 Å². The first-order valence-corrected chi connectivity index (χ1v) is 6.55. The van der Waals surface area contributed by atoms with Crippen LogP contribution in [0.15, 0.2) is 30.5 Å². The van der Waals surface area contributed by atoms with Crippen LogP contribution >= 0.6 is 11.6 Å². The molecule has 0 unspecified atom stereocenters. The van der Waals surface area contributed by atoms with Gasteiger partial charge in [-0.2, -0.15) is 5.10 Å². The summed E-state index contributed by atoms with van der Waals surface area (Å²) < 4.78 is 7.39. The number of halogens is 1. The van der Waals surface area contributed by atoms with Crippen molar-refractivity contribution in [2.24, 2.45) is 0 Å². The van der Waals surface area contributed by atoms with Gasteiger partial charge >= 0.3 is 5.97 Å². The standard InChI is InChI=1S/C14H15ClN2O3/c1-9(2)17-6-5-11(16-17)8-20-13-4-3-10(14(18)19)7-12(13)15/h3-7,9H,8H2,1-2H3,(H,18,19). The summed E-state index contributed by atoms with van der Waals surface area (Å²) in [6.45, 7) is 4.37. The molecular weight excluding hydrogens is 280 g/mol. The highest BCUT2D eigenvalue weighted by molar-refractivity contribution is 6.32. The maximum Gasteiger partial charge on any atom is 0.335 e. The molecule has 0 bridgehead atoms. The van der Waals surface area contributed by atoms with E-state index in [9.17, 15) is 4.79 Å². The molecule has 1 N–H and O–H groups in total. The number of aromatic nitrogens is 2. The number of nitrogens with zero attached hydrogens (tertiary/aromatic N) is 2. The topological polar surface area (TPSA) is 64.3 Å². The van der Waals surface area contributed by atoms with E-state index < -0.39 is 5.97 Å². The predicted molar refractivity (Wildman–Crippen MR) is 75.4 cm³/mol. The summed E-state index contributed by atoms with van der Waals surface area (Å²) in [7, 11) is 0. The average Bonchev–Trinajstić information content (AvgIpc) is 2.86. The number of hydrogen-bond acceptors (Lipinski definition) is 3. The third-order valence-corrected chi connectivity index (χ3v) is 3.04. The van der Waals surface area contributed by atoms with Crippen LogP contribution in [0.3, 0.4) is 0 Å². The Bertz CT molecular complexity index is 623. The molecule has 5 nitrogen and oxygen atoms in total. The van der Waals surface area contributed by atoms with Crippen LogP contribution in [0.1, 0.15) is 35.9 Å². The molecule has 20 heavy (non-hydrogen) atoms. The number of aromatic carboxylic acids is 1. The van der Waals surface area contributed by atoms with Crippen molar-refractivity contribution in [1.82, 2.24) is 9.78 Å². The van der Waals surface area contributed by atoms with Gasteiger partial charge in [0.15, 0.2) is 0 Å². The van der Waals surface area contributed by atoms with E-state index in [0.717, 1.165) is 5.69 Å². The molecule has 2 rings (SSSR count). The molecule has 0 aliphatic rings. The molecule has 0 aliphatic heterocycles. The van der Waals surface area contributed by atoms with Gasteiger partial charge in [-0.25, -0.2) is 4.79 Å². The van der Waals surface area contributed by atoms with Gasteiger partial charge in [-0.1, -0.05) is 11.6 Å². The number of carboxylic acids is 1. The zero-order valence-corrected chi connectivity index (χ0v) is 12.0. The first-order chi connectivity index (χ1) is 9.47. The molecule has 1 heterocycles. The molecule has 0 aliphatic carbocycles. The Labute approximate surface area is 121 Å². The summed E-state index contributed by atoms with van der Waals surface area (Å²) >= 11 is 5.98. The quantitative estimate of drug-likeness (QED) is 0.918. The molecule has 0 spiro atoms. The number of carboxylic acid groups (broad SMARTS) is 1. The van der Waals surface area contributed by atoms with Crippen LogP contribution in [0, 0.1) is 0 Å². The van der Waals surface area contributed by atoms with E-state index in [0.29, 0.717) is 11.8 Å². The van der Waals surface area contributed by atoms with Gasteiger partial charge in [-0.05, 0) is 38.1 Å². The van der Waals surface area contributed by atoms with Crippen molar-refractivity contribution in [3.8, 4) is 5.75 Å². The van der Waals surface area contributed by atoms with Crippen molar-refractivity contribution < 1.29 is 14.6 Å². The van der Waals surface area contributed by atoms with E-state index in [1.165, 1.54) is 12.1 Å². The molecule has 2 aromatic rings. The summed E-state index contributed by atoms with van der Waals surface area (Å²) in [6.07, 6.45) is 1.89. The number of carbonyl (C=O) groups is 1. The van der Waals surface area contributed by atoms with Crippen LogP contribution in [-0.4, -0.2) is 20.9 Å². The van der Waals surface area contributed by atoms with E-state index in [-0.39, 0.29) is 17.2 Å². The molecule has 0 amide bonds. The van der Waals surface area contributed by atoms with Crippen LogP contribution in [0.5, 0.6) is 5.75 Å². The number of ether oxygens (including phenoxy) is 1. The first-order valence-electron chi connectivity index (χ1n) is 6.17. The Morgan fingerprint density at radius 1 is 1.45 bits per heavy atom. The largest absolute Gasteiger partial charge is 0.486 e. The van der Waals surface area contributed by atoms with Gasteiger partial charge in [0.2, 0.25) is 0 Å². The SMILES string of the molecule is CC(C)n1ccc(COc2ccc(C(=O)O)cc2Cl)n1. The monoisotopic (exact) mass is 294 g/mol. The molecule has 1 aromatic carbocycles. The highest BCUT2D eigenvalue weighted by Crippen LogP contribution is 2.26. The van der Waals surface area contributed by atoms with Crippen LogP contribution in [0.4, 0.5) is 0 Å². The Balaban J connectivity index is 2.05.